The summed E-state index contributed by atoms with van der Waals surface area (Å²) < 4.78 is 18.1. The van der Waals surface area contributed by atoms with Gasteiger partial charge in [0.25, 0.3) is 0 Å². The van der Waals surface area contributed by atoms with Crippen LogP contribution in [0.25, 0.3) is 22.6 Å². The second kappa shape index (κ2) is 8.40. The molecular formula is C21H20N4O3S. The predicted octanol–water partition coefficient (Wildman–Crippen LogP) is 4.45. The predicted molar refractivity (Wildman–Crippen MR) is 111 cm³/mol. The third kappa shape index (κ3) is 3.97. The lowest BCUT2D eigenvalue weighted by molar-refractivity contribution is 0.397. The van der Waals surface area contributed by atoms with Gasteiger partial charge in [-0.05, 0) is 36.4 Å². The summed E-state index contributed by atoms with van der Waals surface area (Å²) in [6.07, 6.45) is 0. The maximum atomic E-state index is 5.49. The van der Waals surface area contributed by atoms with Crippen molar-refractivity contribution in [3.8, 4) is 34.1 Å². The Labute approximate surface area is 172 Å². The molecule has 148 valence electrons. The lowest BCUT2D eigenvalue weighted by Crippen LogP contribution is -1.97. The van der Waals surface area contributed by atoms with Gasteiger partial charge in [0.05, 0.1) is 25.5 Å². The van der Waals surface area contributed by atoms with Gasteiger partial charge in [-0.3, -0.25) is 0 Å². The fourth-order valence-corrected chi connectivity index (χ4v) is 3.71. The van der Waals surface area contributed by atoms with Crippen LogP contribution in [-0.4, -0.2) is 34.1 Å². The van der Waals surface area contributed by atoms with Crippen molar-refractivity contribution in [2.75, 3.05) is 14.2 Å². The highest BCUT2D eigenvalue weighted by Crippen LogP contribution is 2.31. The van der Waals surface area contributed by atoms with Crippen LogP contribution in [0.4, 0.5) is 0 Å². The number of nitrogens with zero attached hydrogens (tertiary/aromatic N) is 4. The largest absolute Gasteiger partial charge is 0.497 e. The topological polar surface area (TPSA) is 75.2 Å². The van der Waals surface area contributed by atoms with Crippen molar-refractivity contribution < 1.29 is 14.0 Å². The highest BCUT2D eigenvalue weighted by Gasteiger charge is 2.16. The Kier molecular flexibility index (Phi) is 5.53. The van der Waals surface area contributed by atoms with Gasteiger partial charge in [0.15, 0.2) is 11.0 Å². The van der Waals surface area contributed by atoms with Gasteiger partial charge in [-0.15, -0.1) is 10.2 Å². The van der Waals surface area contributed by atoms with E-state index in [0.717, 1.165) is 45.1 Å². The van der Waals surface area contributed by atoms with E-state index in [1.165, 1.54) is 11.8 Å². The molecule has 0 aliphatic rings. The van der Waals surface area contributed by atoms with Crippen LogP contribution in [-0.2, 0) is 12.8 Å². The van der Waals surface area contributed by atoms with E-state index in [9.17, 15) is 0 Å². The molecule has 0 saturated heterocycles. The summed E-state index contributed by atoms with van der Waals surface area (Å²) in [5.41, 5.74) is 2.66. The minimum atomic E-state index is 0.598. The van der Waals surface area contributed by atoms with E-state index in [0.29, 0.717) is 5.75 Å². The van der Waals surface area contributed by atoms with E-state index < -0.39 is 0 Å². The van der Waals surface area contributed by atoms with Gasteiger partial charge >= 0.3 is 0 Å². The number of ether oxygens (including phenoxy) is 2. The minimum absolute atomic E-state index is 0.598. The van der Waals surface area contributed by atoms with Crippen molar-refractivity contribution >= 4 is 11.8 Å². The third-order valence-electron chi connectivity index (χ3n) is 4.47. The molecule has 0 fully saturated rings. The number of thioether (sulfide) groups is 1. The minimum Gasteiger partial charge on any atom is -0.497 e. The van der Waals surface area contributed by atoms with Crippen LogP contribution >= 0.6 is 11.8 Å². The fraction of sp³-hybridized carbons (Fsp3) is 0.190. The quantitative estimate of drug-likeness (QED) is 0.418. The Hall–Kier alpha value is -3.26. The number of benzene rings is 2. The van der Waals surface area contributed by atoms with Gasteiger partial charge < -0.3 is 18.6 Å². The summed E-state index contributed by atoms with van der Waals surface area (Å²) in [6.45, 7) is 0. The number of hydrogen-bond acceptors (Lipinski definition) is 7. The molecule has 0 spiro atoms. The molecule has 7 nitrogen and oxygen atoms in total. The molecule has 2 heterocycles. The zero-order valence-corrected chi connectivity index (χ0v) is 17.1. The van der Waals surface area contributed by atoms with E-state index in [1.54, 1.807) is 14.2 Å². The summed E-state index contributed by atoms with van der Waals surface area (Å²) in [5.74, 6) is 3.69. The highest BCUT2D eigenvalue weighted by molar-refractivity contribution is 7.98. The van der Waals surface area contributed by atoms with Gasteiger partial charge in [0.1, 0.15) is 23.0 Å². The summed E-state index contributed by atoms with van der Waals surface area (Å²) in [7, 11) is 5.23. The SMILES string of the molecule is COc1ccc(-c2cc(CSc3nnc(-c4ccccc4OC)n3C)on2)cc1. The second-order valence-electron chi connectivity index (χ2n) is 6.26. The van der Waals surface area contributed by atoms with Crippen LogP contribution in [0.15, 0.2) is 64.3 Å². The van der Waals surface area contributed by atoms with Crippen molar-refractivity contribution in [2.45, 2.75) is 10.9 Å². The van der Waals surface area contributed by atoms with Crippen LogP contribution in [0.1, 0.15) is 5.76 Å². The number of methoxy groups -OCH3 is 2. The first-order valence-electron chi connectivity index (χ1n) is 8.95. The number of aromatic nitrogens is 4. The average molecular weight is 408 g/mol. The van der Waals surface area contributed by atoms with E-state index >= 15 is 0 Å². The van der Waals surface area contributed by atoms with Crippen molar-refractivity contribution in [3.63, 3.8) is 0 Å². The van der Waals surface area contributed by atoms with Crippen LogP contribution in [0, 0.1) is 0 Å². The lowest BCUT2D eigenvalue weighted by Gasteiger charge is -2.07. The molecule has 0 aliphatic heterocycles. The van der Waals surface area contributed by atoms with Crippen LogP contribution in [0.3, 0.4) is 0 Å². The first-order chi connectivity index (χ1) is 14.2. The van der Waals surface area contributed by atoms with Crippen LogP contribution in [0.5, 0.6) is 11.5 Å². The van der Waals surface area contributed by atoms with Gasteiger partial charge in [-0.1, -0.05) is 29.1 Å². The summed E-state index contributed by atoms with van der Waals surface area (Å²) in [4.78, 5) is 0. The summed E-state index contributed by atoms with van der Waals surface area (Å²) >= 11 is 1.54. The molecule has 0 radical (unpaired) electrons. The molecule has 8 heteroatoms. The van der Waals surface area contributed by atoms with E-state index in [1.807, 2.05) is 66.2 Å². The monoisotopic (exact) mass is 408 g/mol. The normalized spacial score (nSPS) is 10.9. The van der Waals surface area contributed by atoms with Crippen LogP contribution in [0.2, 0.25) is 0 Å². The van der Waals surface area contributed by atoms with E-state index in [4.69, 9.17) is 14.0 Å². The Morgan fingerprint density at radius 1 is 1.00 bits per heavy atom. The Morgan fingerprint density at radius 2 is 1.79 bits per heavy atom. The van der Waals surface area contributed by atoms with Gasteiger partial charge in [-0.25, -0.2) is 0 Å². The lowest BCUT2D eigenvalue weighted by atomic mass is 10.1. The standard InChI is InChI=1S/C21H20N4O3S/c1-25-20(17-6-4-5-7-19(17)27-3)22-23-21(25)29-13-16-12-18(24-28-16)14-8-10-15(26-2)11-9-14/h4-12H,13H2,1-3H3. The molecule has 0 bridgehead atoms. The van der Waals surface area contributed by atoms with Gasteiger partial charge in [0, 0.05) is 18.7 Å². The Bertz CT molecular complexity index is 1110. The molecule has 2 aromatic heterocycles. The summed E-state index contributed by atoms with van der Waals surface area (Å²) in [6, 6.07) is 17.4. The molecule has 0 aliphatic carbocycles. The van der Waals surface area contributed by atoms with Crippen molar-refractivity contribution in [3.05, 3.63) is 60.4 Å². The molecule has 4 aromatic rings. The molecule has 4 rings (SSSR count). The van der Waals surface area contributed by atoms with Crippen molar-refractivity contribution in [1.82, 2.24) is 19.9 Å². The molecule has 29 heavy (non-hydrogen) atoms. The zero-order chi connectivity index (χ0) is 20.2. The van der Waals surface area contributed by atoms with Crippen LogP contribution < -0.4 is 9.47 Å². The first-order valence-corrected chi connectivity index (χ1v) is 9.93. The number of para-hydroxylation sites is 1. The highest BCUT2D eigenvalue weighted by atomic mass is 32.2. The maximum Gasteiger partial charge on any atom is 0.191 e. The molecule has 0 amide bonds. The number of hydrogen-bond donors (Lipinski definition) is 0. The third-order valence-corrected chi connectivity index (χ3v) is 5.51. The molecule has 0 unspecified atom stereocenters. The molecule has 0 saturated carbocycles. The van der Waals surface area contributed by atoms with E-state index in [2.05, 4.69) is 15.4 Å². The fourth-order valence-electron chi connectivity index (χ4n) is 2.92. The van der Waals surface area contributed by atoms with Crippen molar-refractivity contribution in [1.29, 1.82) is 0 Å². The number of rotatable bonds is 7. The average Bonchev–Trinajstić information content (AvgIpc) is 3.39. The van der Waals surface area contributed by atoms with Gasteiger partial charge in [-0.2, -0.15) is 0 Å². The van der Waals surface area contributed by atoms with E-state index in [-0.39, 0.29) is 0 Å². The van der Waals surface area contributed by atoms with Crippen molar-refractivity contribution in [2.24, 2.45) is 7.05 Å². The molecule has 0 N–H and O–H groups in total. The maximum absolute atomic E-state index is 5.49. The Morgan fingerprint density at radius 3 is 2.55 bits per heavy atom. The zero-order valence-electron chi connectivity index (χ0n) is 16.3. The molecular weight excluding hydrogens is 388 g/mol. The van der Waals surface area contributed by atoms with Gasteiger partial charge in [0.2, 0.25) is 0 Å². The second-order valence-corrected chi connectivity index (χ2v) is 7.20. The molecule has 0 atom stereocenters. The Balaban J connectivity index is 1.47. The smallest absolute Gasteiger partial charge is 0.191 e. The molecule has 2 aromatic carbocycles. The summed E-state index contributed by atoms with van der Waals surface area (Å²) in [5, 5.41) is 13.6. The first kappa shape index (κ1) is 19.1.